The number of hydrogen-bond acceptors (Lipinski definition) is 3. The van der Waals surface area contributed by atoms with Crippen molar-refractivity contribution in [1.82, 2.24) is 4.90 Å². The van der Waals surface area contributed by atoms with Gasteiger partial charge in [-0.2, -0.15) is 0 Å². The Morgan fingerprint density at radius 3 is 2.25 bits per heavy atom. The van der Waals surface area contributed by atoms with Crippen molar-refractivity contribution >= 4 is 28.8 Å². The van der Waals surface area contributed by atoms with E-state index in [1.54, 1.807) is 0 Å². The molecule has 0 aliphatic rings. The molecule has 0 saturated heterocycles. The van der Waals surface area contributed by atoms with Gasteiger partial charge in [-0.3, -0.25) is 9.69 Å². The first-order valence-electron chi connectivity index (χ1n) is 6.83. The smallest absolute Gasteiger partial charge is 0.241 e. The summed E-state index contributed by atoms with van der Waals surface area (Å²) in [5.74, 6) is -0.0105. The molecule has 3 N–H and O–H groups in total. The van der Waals surface area contributed by atoms with E-state index in [1.807, 2.05) is 31.2 Å². The molecule has 0 heterocycles. The van der Waals surface area contributed by atoms with Gasteiger partial charge in [-0.1, -0.05) is 19.1 Å². The van der Waals surface area contributed by atoms with Crippen LogP contribution in [0.2, 0.25) is 0 Å². The minimum Gasteiger partial charge on any atom is -0.389 e. The van der Waals surface area contributed by atoms with E-state index in [0.29, 0.717) is 11.0 Å². The minimum atomic E-state index is -0.171. The summed E-state index contributed by atoms with van der Waals surface area (Å²) in [6.07, 6.45) is 0. The first kappa shape index (κ1) is 16.6. The molecule has 1 aromatic rings. The summed E-state index contributed by atoms with van der Waals surface area (Å²) >= 11 is 4.90. The van der Waals surface area contributed by atoms with Gasteiger partial charge in [-0.15, -0.1) is 0 Å². The van der Waals surface area contributed by atoms with Gasteiger partial charge in [0.25, 0.3) is 0 Å². The summed E-state index contributed by atoms with van der Waals surface area (Å²) < 4.78 is 0. The van der Waals surface area contributed by atoms with E-state index in [4.69, 9.17) is 18.0 Å². The van der Waals surface area contributed by atoms with Crippen LogP contribution in [0.3, 0.4) is 0 Å². The van der Waals surface area contributed by atoms with Gasteiger partial charge in [0.15, 0.2) is 0 Å². The molecular formula is C15H23N3OS. The van der Waals surface area contributed by atoms with Crippen LogP contribution < -0.4 is 11.1 Å². The predicted molar refractivity (Wildman–Crippen MR) is 87.9 cm³/mol. The molecular weight excluding hydrogens is 270 g/mol. The molecule has 5 heteroatoms. The van der Waals surface area contributed by atoms with Crippen LogP contribution in [0.5, 0.6) is 0 Å². The summed E-state index contributed by atoms with van der Waals surface area (Å²) in [6.45, 7) is 8.99. The maximum atomic E-state index is 12.2. The van der Waals surface area contributed by atoms with Crippen molar-refractivity contribution in [3.63, 3.8) is 0 Å². The fourth-order valence-electron chi connectivity index (χ4n) is 2.20. The highest BCUT2D eigenvalue weighted by Crippen LogP contribution is 2.12. The highest BCUT2D eigenvalue weighted by atomic mass is 32.1. The first-order chi connectivity index (χ1) is 9.36. The molecule has 0 aliphatic carbocycles. The molecule has 1 aromatic carbocycles. The Kier molecular flexibility index (Phi) is 6.10. The molecule has 0 spiro atoms. The van der Waals surface area contributed by atoms with Gasteiger partial charge in [0.2, 0.25) is 5.91 Å². The van der Waals surface area contributed by atoms with Crippen molar-refractivity contribution in [3.8, 4) is 0 Å². The second kappa shape index (κ2) is 7.36. The number of carbonyl (C=O) groups excluding carboxylic acids is 1. The zero-order valence-corrected chi connectivity index (χ0v) is 13.3. The third-order valence-corrected chi connectivity index (χ3v) is 3.58. The molecule has 20 heavy (non-hydrogen) atoms. The van der Waals surface area contributed by atoms with Crippen LogP contribution in [0.1, 0.15) is 33.3 Å². The van der Waals surface area contributed by atoms with Gasteiger partial charge < -0.3 is 11.1 Å². The predicted octanol–water partition coefficient (Wildman–Crippen LogP) is 2.38. The summed E-state index contributed by atoms with van der Waals surface area (Å²) in [5.41, 5.74) is 7.09. The normalized spacial score (nSPS) is 12.5. The maximum Gasteiger partial charge on any atom is 0.241 e. The number of hydrogen-bond donors (Lipinski definition) is 2. The molecule has 0 fully saturated rings. The average molecular weight is 293 g/mol. The second-order valence-corrected chi connectivity index (χ2v) is 5.47. The maximum absolute atomic E-state index is 12.2. The zero-order valence-electron chi connectivity index (χ0n) is 12.5. The molecule has 0 bridgehead atoms. The number of nitrogens with two attached hydrogens (primary N) is 1. The molecule has 0 saturated carbocycles. The fourth-order valence-corrected chi connectivity index (χ4v) is 2.34. The van der Waals surface area contributed by atoms with E-state index in [0.717, 1.165) is 17.8 Å². The van der Waals surface area contributed by atoms with Crippen LogP contribution in [0.15, 0.2) is 24.3 Å². The van der Waals surface area contributed by atoms with E-state index < -0.39 is 0 Å². The summed E-state index contributed by atoms with van der Waals surface area (Å²) in [6, 6.07) is 7.40. The third kappa shape index (κ3) is 4.28. The number of nitrogens with zero attached hydrogens (tertiary/aromatic N) is 1. The molecule has 0 radical (unpaired) electrons. The molecule has 0 aliphatic heterocycles. The SMILES string of the molecule is CCN(C(C)C)C(C)C(=O)Nc1ccc(C(N)=S)cc1. The van der Waals surface area contributed by atoms with Crippen LogP contribution in [0.25, 0.3) is 0 Å². The lowest BCUT2D eigenvalue weighted by molar-refractivity contribution is -0.121. The Labute approximate surface area is 126 Å². The summed E-state index contributed by atoms with van der Waals surface area (Å²) in [4.78, 5) is 14.7. The Morgan fingerprint density at radius 2 is 1.85 bits per heavy atom. The van der Waals surface area contributed by atoms with Crippen molar-refractivity contribution in [2.24, 2.45) is 5.73 Å². The summed E-state index contributed by atoms with van der Waals surface area (Å²) in [7, 11) is 0. The Hall–Kier alpha value is -1.46. The van der Waals surface area contributed by atoms with Crippen LogP contribution in [-0.4, -0.2) is 34.4 Å². The molecule has 110 valence electrons. The monoisotopic (exact) mass is 293 g/mol. The molecule has 1 rings (SSSR count). The standard InChI is InChI=1S/C15H23N3OS/c1-5-18(10(2)3)11(4)15(19)17-13-8-6-12(7-9-13)14(16)20/h6-11H,5H2,1-4H3,(H2,16,20)(H,17,19). The average Bonchev–Trinajstić information content (AvgIpc) is 2.39. The lowest BCUT2D eigenvalue weighted by Crippen LogP contribution is -2.45. The van der Waals surface area contributed by atoms with E-state index in [-0.39, 0.29) is 11.9 Å². The van der Waals surface area contributed by atoms with Crippen molar-refractivity contribution in [2.45, 2.75) is 39.8 Å². The Balaban J connectivity index is 2.72. The quantitative estimate of drug-likeness (QED) is 0.791. The van der Waals surface area contributed by atoms with Gasteiger partial charge in [-0.05, 0) is 51.6 Å². The van der Waals surface area contributed by atoms with Crippen LogP contribution >= 0.6 is 12.2 Å². The van der Waals surface area contributed by atoms with E-state index >= 15 is 0 Å². The van der Waals surface area contributed by atoms with E-state index in [1.165, 1.54) is 0 Å². The van der Waals surface area contributed by atoms with Crippen LogP contribution in [0.4, 0.5) is 5.69 Å². The number of likely N-dealkylation sites (N-methyl/N-ethyl adjacent to an activating group) is 1. The van der Waals surface area contributed by atoms with Crippen molar-refractivity contribution in [3.05, 3.63) is 29.8 Å². The minimum absolute atomic E-state index is 0.0105. The van der Waals surface area contributed by atoms with Gasteiger partial charge in [-0.25, -0.2) is 0 Å². The lowest BCUT2D eigenvalue weighted by atomic mass is 10.1. The number of benzene rings is 1. The lowest BCUT2D eigenvalue weighted by Gasteiger charge is -2.30. The molecule has 4 nitrogen and oxygen atoms in total. The molecule has 1 amide bonds. The van der Waals surface area contributed by atoms with E-state index in [9.17, 15) is 4.79 Å². The first-order valence-corrected chi connectivity index (χ1v) is 7.24. The second-order valence-electron chi connectivity index (χ2n) is 5.03. The largest absolute Gasteiger partial charge is 0.389 e. The van der Waals surface area contributed by atoms with Crippen molar-refractivity contribution in [2.75, 3.05) is 11.9 Å². The number of amides is 1. The zero-order chi connectivity index (χ0) is 15.3. The molecule has 1 unspecified atom stereocenters. The third-order valence-electron chi connectivity index (χ3n) is 3.34. The topological polar surface area (TPSA) is 58.4 Å². The number of nitrogens with one attached hydrogen (secondary N) is 1. The van der Waals surface area contributed by atoms with Crippen LogP contribution in [0, 0.1) is 0 Å². The van der Waals surface area contributed by atoms with Crippen LogP contribution in [-0.2, 0) is 4.79 Å². The van der Waals surface area contributed by atoms with Crippen molar-refractivity contribution < 1.29 is 4.79 Å². The number of thiocarbonyl (C=S) groups is 1. The fraction of sp³-hybridized carbons (Fsp3) is 0.467. The number of anilines is 1. The highest BCUT2D eigenvalue weighted by molar-refractivity contribution is 7.80. The molecule has 1 atom stereocenters. The number of rotatable bonds is 6. The van der Waals surface area contributed by atoms with Gasteiger partial charge in [0.05, 0.1) is 6.04 Å². The highest BCUT2D eigenvalue weighted by Gasteiger charge is 2.22. The van der Waals surface area contributed by atoms with Gasteiger partial charge in [0.1, 0.15) is 4.99 Å². The van der Waals surface area contributed by atoms with Crippen molar-refractivity contribution in [1.29, 1.82) is 0 Å². The number of carbonyl (C=O) groups is 1. The molecule has 0 aromatic heterocycles. The Bertz CT molecular complexity index is 471. The van der Waals surface area contributed by atoms with Gasteiger partial charge in [0, 0.05) is 17.3 Å². The van der Waals surface area contributed by atoms with Gasteiger partial charge >= 0.3 is 0 Å². The Morgan fingerprint density at radius 1 is 1.30 bits per heavy atom. The summed E-state index contributed by atoms with van der Waals surface area (Å²) in [5, 5.41) is 2.91. The van der Waals surface area contributed by atoms with E-state index in [2.05, 4.69) is 31.0 Å².